The van der Waals surface area contributed by atoms with Crippen molar-refractivity contribution in [3.05, 3.63) is 0 Å². The molecule has 5 nitrogen and oxygen atoms in total. The Morgan fingerprint density at radius 1 is 1.08 bits per heavy atom. The lowest BCUT2D eigenvalue weighted by Gasteiger charge is -2.08. The first kappa shape index (κ1) is 14.7. The molecule has 0 amide bonds. The number of nitrogens with two attached hydrogens (primary N) is 1. The third-order valence-corrected chi connectivity index (χ3v) is 5.54. The van der Waals surface area contributed by atoms with Gasteiger partial charge in [-0.3, -0.25) is 0 Å². The molecule has 0 aromatic rings. The molecule has 0 fully saturated rings. The minimum atomic E-state index is -3.59. The van der Waals surface area contributed by atoms with Crippen LogP contribution in [-0.2, 0) is 19.7 Å². The van der Waals surface area contributed by atoms with Crippen LogP contribution in [0, 0.1) is 0 Å². The minimum Gasteiger partial charge on any atom is -0.328 e. The van der Waals surface area contributed by atoms with E-state index in [9.17, 15) is 16.8 Å². The van der Waals surface area contributed by atoms with Crippen molar-refractivity contribution < 1.29 is 16.8 Å². The molecule has 0 aromatic carbocycles. The highest BCUT2D eigenvalue weighted by Gasteiger charge is 2.29. The van der Waals surface area contributed by atoms with Crippen molar-refractivity contribution in [3.63, 3.8) is 0 Å². The lowest BCUT2D eigenvalue weighted by molar-refractivity contribution is 0.581. The molecule has 0 saturated heterocycles. The fraction of sp³-hybridized carbons (Fsp3) is 1.00. The summed E-state index contributed by atoms with van der Waals surface area (Å²) in [6.07, 6.45) is 1.71. The summed E-state index contributed by atoms with van der Waals surface area (Å²) in [6, 6.07) is 0. The number of rotatable bonds is 3. The van der Waals surface area contributed by atoms with E-state index in [-0.39, 0.29) is 12.4 Å². The van der Waals surface area contributed by atoms with Gasteiger partial charge in [0.1, 0.15) is 0 Å². The maximum absolute atomic E-state index is 10.7. The first-order valence-corrected chi connectivity index (χ1v) is 6.68. The van der Waals surface area contributed by atoms with Crippen LogP contribution in [0.2, 0.25) is 0 Å². The van der Waals surface area contributed by atoms with Crippen molar-refractivity contribution in [1.82, 2.24) is 0 Å². The van der Waals surface area contributed by atoms with E-state index in [1.165, 1.54) is 0 Å². The zero-order valence-corrected chi connectivity index (χ0v) is 9.17. The molecule has 0 radical (unpaired) electrons. The van der Waals surface area contributed by atoms with E-state index in [0.717, 1.165) is 12.5 Å². The van der Waals surface area contributed by atoms with Crippen molar-refractivity contribution in [2.75, 3.05) is 19.1 Å². The second kappa shape index (κ2) is 4.40. The fourth-order valence-corrected chi connectivity index (χ4v) is 3.91. The molecule has 0 spiro atoms. The predicted molar refractivity (Wildman–Crippen MR) is 49.8 cm³/mol. The Morgan fingerprint density at radius 3 is 1.33 bits per heavy atom. The molecule has 76 valence electrons. The van der Waals surface area contributed by atoms with Gasteiger partial charge in [0, 0.05) is 19.1 Å². The van der Waals surface area contributed by atoms with Crippen molar-refractivity contribution >= 4 is 32.1 Å². The van der Waals surface area contributed by atoms with Crippen LogP contribution in [0.4, 0.5) is 0 Å². The van der Waals surface area contributed by atoms with Crippen LogP contribution in [0.25, 0.3) is 0 Å². The largest absolute Gasteiger partial charge is 0.328 e. The molecule has 0 heterocycles. The highest BCUT2D eigenvalue weighted by molar-refractivity contribution is 8.08. The van der Waals surface area contributed by atoms with E-state index in [2.05, 4.69) is 0 Å². The second-order valence-electron chi connectivity index (χ2n) is 2.32. The molecule has 8 heteroatoms. The monoisotopic (exact) mass is 237 g/mol. The van der Waals surface area contributed by atoms with Crippen LogP contribution >= 0.6 is 12.4 Å². The Kier molecular flexibility index (Phi) is 5.38. The summed E-state index contributed by atoms with van der Waals surface area (Å²) in [7, 11) is -7.17. The van der Waals surface area contributed by atoms with E-state index in [1.54, 1.807) is 0 Å². The molecule has 0 aromatic heterocycles. The maximum atomic E-state index is 10.7. The van der Waals surface area contributed by atoms with Gasteiger partial charge in [-0.15, -0.1) is 12.4 Å². The average molecular weight is 238 g/mol. The van der Waals surface area contributed by atoms with Gasteiger partial charge in [-0.25, -0.2) is 16.8 Å². The third-order valence-electron chi connectivity index (χ3n) is 1.15. The first-order chi connectivity index (χ1) is 4.69. The summed E-state index contributed by atoms with van der Waals surface area (Å²) in [5.41, 5.74) is 4.99. The molecule has 0 unspecified atom stereocenters. The van der Waals surface area contributed by atoms with Crippen LogP contribution in [0.3, 0.4) is 0 Å². The van der Waals surface area contributed by atoms with Gasteiger partial charge in [-0.2, -0.15) is 0 Å². The van der Waals surface area contributed by atoms with E-state index in [4.69, 9.17) is 5.73 Å². The van der Waals surface area contributed by atoms with Crippen molar-refractivity contribution in [3.8, 4) is 0 Å². The van der Waals surface area contributed by atoms with Gasteiger partial charge < -0.3 is 5.73 Å². The van der Waals surface area contributed by atoms with Gasteiger partial charge in [-0.1, -0.05) is 0 Å². The Morgan fingerprint density at radius 2 is 1.33 bits per heavy atom. The summed E-state index contributed by atoms with van der Waals surface area (Å²) in [5, 5.41) is 0. The van der Waals surface area contributed by atoms with Crippen molar-refractivity contribution in [1.29, 1.82) is 0 Å². The van der Waals surface area contributed by atoms with Crippen LogP contribution < -0.4 is 5.73 Å². The predicted octanol–water partition coefficient (Wildman–Crippen LogP) is -1.22. The van der Waals surface area contributed by atoms with Crippen LogP contribution in [0.1, 0.15) is 0 Å². The second-order valence-corrected chi connectivity index (χ2v) is 7.08. The van der Waals surface area contributed by atoms with Gasteiger partial charge >= 0.3 is 0 Å². The fourth-order valence-electron chi connectivity index (χ4n) is 0.667. The third kappa shape index (κ3) is 4.24. The molecule has 0 rings (SSSR count). The Balaban J connectivity index is 0. The summed E-state index contributed by atoms with van der Waals surface area (Å²) in [4.78, 5) is 0. The molecule has 0 aliphatic rings. The Bertz CT molecular complexity index is 287. The molecule has 0 aliphatic heterocycles. The van der Waals surface area contributed by atoms with E-state index in [0.29, 0.717) is 0 Å². The van der Waals surface area contributed by atoms with Gasteiger partial charge in [0.15, 0.2) is 24.3 Å². The van der Waals surface area contributed by atoms with E-state index < -0.39 is 30.8 Å². The Labute approximate surface area is 78.6 Å². The molecule has 2 N–H and O–H groups in total. The smallest absolute Gasteiger partial charge is 0.174 e. The summed E-state index contributed by atoms with van der Waals surface area (Å²) in [6.45, 7) is -0.391. The average Bonchev–Trinajstić information content (AvgIpc) is 1.56. The van der Waals surface area contributed by atoms with Gasteiger partial charge in [0.2, 0.25) is 0 Å². The molecule has 0 bridgehead atoms. The summed E-state index contributed by atoms with van der Waals surface area (Å²) in [5.74, 6) is 0. The minimum absolute atomic E-state index is 0. The normalized spacial score (nSPS) is 12.7. The van der Waals surface area contributed by atoms with E-state index in [1.807, 2.05) is 0 Å². The molecule has 0 saturated carbocycles. The quantitative estimate of drug-likeness (QED) is 0.664. The number of halogens is 1. The summed E-state index contributed by atoms with van der Waals surface area (Å²) >= 11 is 0. The zero-order chi connectivity index (χ0) is 9.28. The van der Waals surface area contributed by atoms with E-state index >= 15 is 0 Å². The molecule has 12 heavy (non-hydrogen) atoms. The van der Waals surface area contributed by atoms with Gasteiger partial charge in [0.05, 0.1) is 0 Å². The van der Waals surface area contributed by atoms with Crippen molar-refractivity contribution in [2.24, 2.45) is 5.73 Å². The molecule has 0 aliphatic carbocycles. The van der Waals surface area contributed by atoms with Crippen LogP contribution in [0.5, 0.6) is 0 Å². The lowest BCUT2D eigenvalue weighted by Crippen LogP contribution is -2.35. The highest BCUT2D eigenvalue weighted by atomic mass is 35.5. The topological polar surface area (TPSA) is 94.3 Å². The lowest BCUT2D eigenvalue weighted by atomic mass is 10.8. The Hall–Kier alpha value is 0.150. The summed E-state index contributed by atoms with van der Waals surface area (Å²) < 4.78 is 41.5. The number of hydrogen-bond donors (Lipinski definition) is 1. The van der Waals surface area contributed by atoms with Crippen LogP contribution in [-0.4, -0.2) is 40.5 Å². The molecular formula is C4H12ClNO4S2. The number of hydrogen-bond acceptors (Lipinski definition) is 5. The van der Waals surface area contributed by atoms with Crippen molar-refractivity contribution in [2.45, 2.75) is 4.58 Å². The van der Waals surface area contributed by atoms with Crippen LogP contribution in [0.15, 0.2) is 0 Å². The first-order valence-electron chi connectivity index (χ1n) is 2.77. The maximum Gasteiger partial charge on any atom is 0.174 e. The highest BCUT2D eigenvalue weighted by Crippen LogP contribution is 2.04. The molecular weight excluding hydrogens is 226 g/mol. The van der Waals surface area contributed by atoms with Gasteiger partial charge in [0.25, 0.3) is 0 Å². The number of sulfone groups is 2. The SMILES string of the molecule is CS(=O)(=O)C(CN)S(C)(=O)=O.Cl. The standard InChI is InChI=1S/C4H11NO4S2.ClH/c1-10(6,7)4(3-5)11(2,8)9;/h4H,3,5H2,1-2H3;1H. The molecule has 0 atom stereocenters. The van der Waals surface area contributed by atoms with Gasteiger partial charge in [-0.05, 0) is 0 Å². The zero-order valence-electron chi connectivity index (χ0n) is 6.72.